The maximum absolute atomic E-state index is 12.3. The highest BCUT2D eigenvalue weighted by atomic mass is 16.2. The number of fused-ring (bicyclic) bond motifs is 2. The summed E-state index contributed by atoms with van der Waals surface area (Å²) in [5, 5.41) is 4.37. The van der Waals surface area contributed by atoms with Gasteiger partial charge in [0.15, 0.2) is 0 Å². The predicted octanol–water partition coefficient (Wildman–Crippen LogP) is 3.34. The van der Waals surface area contributed by atoms with Crippen LogP contribution in [0.2, 0.25) is 0 Å². The summed E-state index contributed by atoms with van der Waals surface area (Å²) < 4.78 is 0. The predicted molar refractivity (Wildman–Crippen MR) is 102 cm³/mol. The van der Waals surface area contributed by atoms with E-state index in [0.717, 1.165) is 31.3 Å². The molecule has 2 N–H and O–H groups in total. The zero-order valence-corrected chi connectivity index (χ0v) is 15.0. The highest BCUT2D eigenvalue weighted by Gasteiger charge is 2.31. The largest absolute Gasteiger partial charge is 0.361 e. The molecule has 0 radical (unpaired) electrons. The Bertz CT molecular complexity index is 723. The van der Waals surface area contributed by atoms with E-state index >= 15 is 0 Å². The number of hydrogen-bond donors (Lipinski definition) is 2. The molecule has 4 heteroatoms. The van der Waals surface area contributed by atoms with Crippen LogP contribution in [0.3, 0.4) is 0 Å². The highest BCUT2D eigenvalue weighted by Crippen LogP contribution is 2.35. The molecule has 0 bridgehead atoms. The van der Waals surface area contributed by atoms with Crippen molar-refractivity contribution in [1.29, 1.82) is 0 Å². The van der Waals surface area contributed by atoms with Crippen molar-refractivity contribution in [2.75, 3.05) is 26.2 Å². The third-order valence-electron chi connectivity index (χ3n) is 6.13. The quantitative estimate of drug-likeness (QED) is 0.878. The fraction of sp³-hybridized carbons (Fsp3) is 0.571. The van der Waals surface area contributed by atoms with Crippen LogP contribution >= 0.6 is 0 Å². The lowest BCUT2D eigenvalue weighted by molar-refractivity contribution is -0.123. The Kier molecular flexibility index (Phi) is 5.07. The number of benzene rings is 1. The lowest BCUT2D eigenvalue weighted by Crippen LogP contribution is -2.46. The van der Waals surface area contributed by atoms with E-state index in [0.29, 0.717) is 13.1 Å². The maximum Gasteiger partial charge on any atom is 0.234 e. The second kappa shape index (κ2) is 7.61. The zero-order valence-electron chi connectivity index (χ0n) is 15.0. The molecule has 4 nitrogen and oxygen atoms in total. The van der Waals surface area contributed by atoms with Gasteiger partial charge < -0.3 is 10.3 Å². The Morgan fingerprint density at radius 3 is 2.92 bits per heavy atom. The minimum Gasteiger partial charge on any atom is -0.361 e. The first-order chi connectivity index (χ1) is 12.3. The van der Waals surface area contributed by atoms with Crippen LogP contribution in [-0.4, -0.2) is 42.0 Å². The minimum atomic E-state index is 0.175. The van der Waals surface area contributed by atoms with Crippen LogP contribution in [0.15, 0.2) is 30.5 Å². The third kappa shape index (κ3) is 3.90. The summed E-state index contributed by atoms with van der Waals surface area (Å²) in [7, 11) is 0. The number of carbonyl (C=O) groups is 1. The van der Waals surface area contributed by atoms with Gasteiger partial charge in [0.2, 0.25) is 5.91 Å². The Morgan fingerprint density at radius 2 is 2.00 bits per heavy atom. The number of nitrogens with one attached hydrogen (secondary N) is 2. The number of hydrogen-bond acceptors (Lipinski definition) is 2. The molecular weight excluding hydrogens is 310 g/mol. The Balaban J connectivity index is 1.23. The van der Waals surface area contributed by atoms with Crippen molar-refractivity contribution >= 4 is 16.8 Å². The van der Waals surface area contributed by atoms with E-state index in [1.54, 1.807) is 0 Å². The van der Waals surface area contributed by atoms with Gasteiger partial charge in [-0.3, -0.25) is 9.69 Å². The maximum atomic E-state index is 12.3. The van der Waals surface area contributed by atoms with Gasteiger partial charge in [0.25, 0.3) is 0 Å². The summed E-state index contributed by atoms with van der Waals surface area (Å²) in [5.74, 6) is 1.94. The number of piperidine rings is 1. The molecule has 1 saturated carbocycles. The molecule has 0 spiro atoms. The summed E-state index contributed by atoms with van der Waals surface area (Å²) in [6, 6.07) is 8.33. The van der Waals surface area contributed by atoms with Crippen molar-refractivity contribution in [1.82, 2.24) is 15.2 Å². The number of nitrogens with zero attached hydrogens (tertiary/aromatic N) is 1. The average Bonchev–Trinajstić information content (AvgIpc) is 3.05. The molecule has 1 aromatic heterocycles. The molecule has 1 aliphatic heterocycles. The van der Waals surface area contributed by atoms with Gasteiger partial charge in [0, 0.05) is 30.2 Å². The van der Waals surface area contributed by atoms with E-state index in [1.165, 1.54) is 48.6 Å². The van der Waals surface area contributed by atoms with E-state index in [9.17, 15) is 4.79 Å². The summed E-state index contributed by atoms with van der Waals surface area (Å²) >= 11 is 0. The SMILES string of the molecule is O=C(CN1CC[C@H]2CCCC[C@@H]2C1)NCCc1c[nH]c2ccccc12. The second-order valence-electron chi connectivity index (χ2n) is 7.79. The normalized spacial score (nSPS) is 24.2. The smallest absolute Gasteiger partial charge is 0.234 e. The van der Waals surface area contributed by atoms with Crippen molar-refractivity contribution in [3.63, 3.8) is 0 Å². The number of para-hydroxylation sites is 1. The number of carbonyl (C=O) groups excluding carboxylic acids is 1. The van der Waals surface area contributed by atoms with Crippen LogP contribution in [-0.2, 0) is 11.2 Å². The molecule has 25 heavy (non-hydrogen) atoms. The van der Waals surface area contributed by atoms with Gasteiger partial charge in [-0.15, -0.1) is 0 Å². The lowest BCUT2D eigenvalue weighted by atomic mass is 9.75. The van der Waals surface area contributed by atoms with Crippen molar-refractivity contribution in [3.8, 4) is 0 Å². The third-order valence-corrected chi connectivity index (χ3v) is 6.13. The van der Waals surface area contributed by atoms with E-state index in [1.807, 2.05) is 6.07 Å². The van der Waals surface area contributed by atoms with Crippen LogP contribution < -0.4 is 5.32 Å². The molecule has 1 saturated heterocycles. The fourth-order valence-corrected chi connectivity index (χ4v) is 4.75. The summed E-state index contributed by atoms with van der Waals surface area (Å²) in [6.45, 7) is 3.50. The second-order valence-corrected chi connectivity index (χ2v) is 7.79. The number of aromatic amines is 1. The van der Waals surface area contributed by atoms with Crippen LogP contribution in [0.1, 0.15) is 37.7 Å². The van der Waals surface area contributed by atoms with Crippen molar-refractivity contribution in [3.05, 3.63) is 36.0 Å². The fourth-order valence-electron chi connectivity index (χ4n) is 4.75. The number of likely N-dealkylation sites (tertiary alicyclic amines) is 1. The van der Waals surface area contributed by atoms with Crippen LogP contribution in [0.4, 0.5) is 0 Å². The Labute approximate surface area is 150 Å². The molecular formula is C21H29N3O. The van der Waals surface area contributed by atoms with Crippen molar-refractivity contribution < 1.29 is 4.79 Å². The zero-order chi connectivity index (χ0) is 17.1. The molecule has 0 unspecified atom stereocenters. The first kappa shape index (κ1) is 16.6. The first-order valence-electron chi connectivity index (χ1n) is 9.83. The van der Waals surface area contributed by atoms with Gasteiger partial charge in [-0.05, 0) is 49.3 Å². The van der Waals surface area contributed by atoms with Gasteiger partial charge in [0.05, 0.1) is 6.54 Å². The highest BCUT2D eigenvalue weighted by molar-refractivity contribution is 5.83. The van der Waals surface area contributed by atoms with Crippen molar-refractivity contribution in [2.45, 2.75) is 38.5 Å². The monoisotopic (exact) mass is 339 g/mol. The molecule has 2 fully saturated rings. The number of amides is 1. The molecule has 1 amide bonds. The molecule has 1 aliphatic carbocycles. The number of rotatable bonds is 5. The molecule has 2 atom stereocenters. The molecule has 2 aliphatic rings. The van der Waals surface area contributed by atoms with Gasteiger partial charge in [-0.2, -0.15) is 0 Å². The Hall–Kier alpha value is -1.81. The summed E-state index contributed by atoms with van der Waals surface area (Å²) in [5.41, 5.74) is 2.44. The summed E-state index contributed by atoms with van der Waals surface area (Å²) in [6.07, 6.45) is 9.79. The first-order valence-corrected chi connectivity index (χ1v) is 9.83. The molecule has 2 aromatic rings. The molecule has 4 rings (SSSR count). The van der Waals surface area contributed by atoms with Crippen LogP contribution in [0.5, 0.6) is 0 Å². The standard InChI is InChI=1S/C21H29N3O/c25-21(15-24-12-10-16-5-1-2-6-18(16)14-24)22-11-9-17-13-23-20-8-4-3-7-19(17)20/h3-4,7-8,13,16,18,23H,1-2,5-6,9-12,14-15H2,(H,22,25)/t16-,18-/m1/s1. The van der Waals surface area contributed by atoms with Gasteiger partial charge in [0.1, 0.15) is 0 Å². The van der Waals surface area contributed by atoms with Crippen molar-refractivity contribution in [2.24, 2.45) is 11.8 Å². The topological polar surface area (TPSA) is 48.1 Å². The van der Waals surface area contributed by atoms with Crippen LogP contribution in [0.25, 0.3) is 10.9 Å². The van der Waals surface area contributed by atoms with Gasteiger partial charge >= 0.3 is 0 Å². The minimum absolute atomic E-state index is 0.175. The van der Waals surface area contributed by atoms with Crippen LogP contribution in [0, 0.1) is 11.8 Å². The van der Waals surface area contributed by atoms with E-state index in [2.05, 4.69) is 39.6 Å². The number of H-pyrrole nitrogens is 1. The molecule has 1 aromatic carbocycles. The summed E-state index contributed by atoms with van der Waals surface area (Å²) in [4.78, 5) is 18.0. The molecule has 134 valence electrons. The van der Waals surface area contributed by atoms with E-state index in [4.69, 9.17) is 0 Å². The lowest BCUT2D eigenvalue weighted by Gasteiger charge is -2.41. The Morgan fingerprint density at radius 1 is 1.16 bits per heavy atom. The average molecular weight is 339 g/mol. The number of aromatic nitrogens is 1. The molecule has 2 heterocycles. The van der Waals surface area contributed by atoms with Gasteiger partial charge in [-0.25, -0.2) is 0 Å². The van der Waals surface area contributed by atoms with E-state index < -0.39 is 0 Å². The van der Waals surface area contributed by atoms with E-state index in [-0.39, 0.29) is 5.91 Å². The van der Waals surface area contributed by atoms with Gasteiger partial charge in [-0.1, -0.05) is 37.5 Å².